The van der Waals surface area contributed by atoms with Gasteiger partial charge in [-0.3, -0.25) is 4.79 Å². The SMILES string of the molecule is C[C@@H]1C[C@@H](NCC2CCN(C[C@@H](O)c3ccccc3)CC2)C(=O)O1. The van der Waals surface area contributed by atoms with Crippen LogP contribution in [0, 0.1) is 5.92 Å². The Morgan fingerprint density at radius 3 is 2.62 bits per heavy atom. The van der Waals surface area contributed by atoms with Crippen LogP contribution in [0.2, 0.25) is 0 Å². The van der Waals surface area contributed by atoms with Crippen LogP contribution >= 0.6 is 0 Å². The smallest absolute Gasteiger partial charge is 0.323 e. The number of hydrogen-bond acceptors (Lipinski definition) is 5. The number of nitrogens with one attached hydrogen (secondary N) is 1. The van der Waals surface area contributed by atoms with Crippen molar-refractivity contribution >= 4 is 5.97 Å². The summed E-state index contributed by atoms with van der Waals surface area (Å²) in [5, 5.41) is 13.7. The maximum absolute atomic E-state index is 11.6. The Morgan fingerprint density at radius 2 is 2.00 bits per heavy atom. The third-order valence-corrected chi connectivity index (χ3v) is 5.15. The third kappa shape index (κ3) is 4.56. The lowest BCUT2D eigenvalue weighted by molar-refractivity contribution is -0.142. The number of esters is 1. The summed E-state index contributed by atoms with van der Waals surface area (Å²) in [5.41, 5.74) is 0.982. The average molecular weight is 332 g/mol. The van der Waals surface area contributed by atoms with Gasteiger partial charge < -0.3 is 20.1 Å². The molecule has 5 nitrogen and oxygen atoms in total. The number of likely N-dealkylation sites (tertiary alicyclic amines) is 1. The van der Waals surface area contributed by atoms with Crippen LogP contribution in [0.4, 0.5) is 0 Å². The van der Waals surface area contributed by atoms with E-state index in [2.05, 4.69) is 10.2 Å². The van der Waals surface area contributed by atoms with Crippen LogP contribution in [0.25, 0.3) is 0 Å². The van der Waals surface area contributed by atoms with E-state index >= 15 is 0 Å². The lowest BCUT2D eigenvalue weighted by Gasteiger charge is -2.33. The van der Waals surface area contributed by atoms with Crippen LogP contribution < -0.4 is 5.32 Å². The lowest BCUT2D eigenvalue weighted by atomic mass is 9.95. The number of benzene rings is 1. The normalized spacial score (nSPS) is 27.2. The molecule has 0 unspecified atom stereocenters. The summed E-state index contributed by atoms with van der Waals surface area (Å²) in [4.78, 5) is 14.0. The van der Waals surface area contributed by atoms with E-state index in [1.807, 2.05) is 37.3 Å². The maximum Gasteiger partial charge on any atom is 0.323 e. The van der Waals surface area contributed by atoms with E-state index in [1.165, 1.54) is 0 Å². The first kappa shape index (κ1) is 17.4. The Bertz CT molecular complexity index is 529. The first-order valence-corrected chi connectivity index (χ1v) is 9.01. The zero-order valence-electron chi connectivity index (χ0n) is 14.4. The summed E-state index contributed by atoms with van der Waals surface area (Å²) in [6, 6.07) is 9.72. The van der Waals surface area contributed by atoms with Gasteiger partial charge in [0.05, 0.1) is 6.10 Å². The molecule has 132 valence electrons. The largest absolute Gasteiger partial charge is 0.461 e. The summed E-state index contributed by atoms with van der Waals surface area (Å²) < 4.78 is 5.18. The number of rotatable bonds is 6. The molecule has 0 bridgehead atoms. The Hall–Kier alpha value is -1.43. The first-order chi connectivity index (χ1) is 11.6. The first-order valence-electron chi connectivity index (χ1n) is 9.01. The molecule has 24 heavy (non-hydrogen) atoms. The highest BCUT2D eigenvalue weighted by Gasteiger charge is 2.32. The summed E-state index contributed by atoms with van der Waals surface area (Å²) in [6.07, 6.45) is 2.60. The zero-order chi connectivity index (χ0) is 16.9. The zero-order valence-corrected chi connectivity index (χ0v) is 14.4. The van der Waals surface area contributed by atoms with E-state index in [9.17, 15) is 9.90 Å². The summed E-state index contributed by atoms with van der Waals surface area (Å²) in [5.74, 6) is 0.491. The number of nitrogens with zero attached hydrogens (tertiary/aromatic N) is 1. The van der Waals surface area contributed by atoms with Crippen LogP contribution in [0.3, 0.4) is 0 Å². The van der Waals surface area contributed by atoms with Crippen molar-refractivity contribution in [2.24, 2.45) is 5.92 Å². The molecule has 0 saturated carbocycles. The molecule has 2 aliphatic rings. The van der Waals surface area contributed by atoms with Crippen molar-refractivity contribution in [1.82, 2.24) is 10.2 Å². The fourth-order valence-corrected chi connectivity index (χ4v) is 3.63. The van der Waals surface area contributed by atoms with Gasteiger partial charge in [0.2, 0.25) is 0 Å². The minimum absolute atomic E-state index is 0.0383. The van der Waals surface area contributed by atoms with Crippen LogP contribution in [0.15, 0.2) is 30.3 Å². The van der Waals surface area contributed by atoms with Gasteiger partial charge in [-0.15, -0.1) is 0 Å². The topological polar surface area (TPSA) is 61.8 Å². The number of carbonyl (C=O) groups is 1. The highest BCUT2D eigenvalue weighted by Crippen LogP contribution is 2.21. The van der Waals surface area contributed by atoms with E-state index in [0.717, 1.165) is 44.5 Å². The Morgan fingerprint density at radius 1 is 1.29 bits per heavy atom. The van der Waals surface area contributed by atoms with Crippen LogP contribution in [0.1, 0.15) is 37.9 Å². The van der Waals surface area contributed by atoms with Gasteiger partial charge in [0.15, 0.2) is 0 Å². The minimum atomic E-state index is -0.421. The summed E-state index contributed by atoms with van der Waals surface area (Å²) in [6.45, 7) is 5.51. The van der Waals surface area contributed by atoms with Crippen molar-refractivity contribution in [3.63, 3.8) is 0 Å². The molecular weight excluding hydrogens is 304 g/mol. The number of cyclic esters (lactones) is 1. The van der Waals surface area contributed by atoms with Gasteiger partial charge in [0.1, 0.15) is 12.1 Å². The van der Waals surface area contributed by atoms with Crippen molar-refractivity contribution in [3.8, 4) is 0 Å². The molecule has 2 aliphatic heterocycles. The lowest BCUT2D eigenvalue weighted by Crippen LogP contribution is -2.42. The van der Waals surface area contributed by atoms with Crippen molar-refractivity contribution < 1.29 is 14.6 Å². The molecule has 0 aromatic heterocycles. The van der Waals surface area contributed by atoms with E-state index in [-0.39, 0.29) is 18.1 Å². The van der Waals surface area contributed by atoms with Crippen LogP contribution in [0.5, 0.6) is 0 Å². The summed E-state index contributed by atoms with van der Waals surface area (Å²) >= 11 is 0. The predicted molar refractivity (Wildman–Crippen MR) is 92.5 cm³/mol. The Balaban J connectivity index is 1.37. The molecule has 1 aromatic rings. The monoisotopic (exact) mass is 332 g/mol. The number of piperidine rings is 1. The second kappa shape index (κ2) is 8.10. The predicted octanol–water partition coefficient (Wildman–Crippen LogP) is 1.73. The fraction of sp³-hybridized carbons (Fsp3) is 0.632. The summed E-state index contributed by atoms with van der Waals surface area (Å²) in [7, 11) is 0. The van der Waals surface area contributed by atoms with E-state index in [1.54, 1.807) is 0 Å². The van der Waals surface area contributed by atoms with Crippen molar-refractivity contribution in [3.05, 3.63) is 35.9 Å². The molecule has 0 radical (unpaired) electrons. The van der Waals surface area contributed by atoms with Gasteiger partial charge in [-0.25, -0.2) is 0 Å². The second-order valence-electron chi connectivity index (χ2n) is 7.11. The average Bonchev–Trinajstić information content (AvgIpc) is 2.92. The van der Waals surface area contributed by atoms with E-state index < -0.39 is 6.10 Å². The van der Waals surface area contributed by atoms with Crippen LogP contribution in [-0.2, 0) is 9.53 Å². The fourth-order valence-electron chi connectivity index (χ4n) is 3.63. The molecule has 0 amide bonds. The molecule has 5 heteroatoms. The minimum Gasteiger partial charge on any atom is -0.461 e. The molecule has 3 rings (SSSR count). The van der Waals surface area contributed by atoms with Gasteiger partial charge in [0.25, 0.3) is 0 Å². The third-order valence-electron chi connectivity index (χ3n) is 5.15. The van der Waals surface area contributed by atoms with Crippen molar-refractivity contribution in [2.75, 3.05) is 26.2 Å². The molecule has 2 heterocycles. The number of aliphatic hydroxyl groups is 1. The molecule has 3 atom stereocenters. The number of ether oxygens (including phenoxy) is 1. The molecule has 0 spiro atoms. The molecule has 2 N–H and O–H groups in total. The van der Waals surface area contributed by atoms with Crippen molar-refractivity contribution in [1.29, 1.82) is 0 Å². The molecule has 2 fully saturated rings. The number of carbonyl (C=O) groups excluding carboxylic acids is 1. The quantitative estimate of drug-likeness (QED) is 0.777. The molecular formula is C19H28N2O3. The van der Waals surface area contributed by atoms with Gasteiger partial charge in [-0.05, 0) is 50.9 Å². The van der Waals surface area contributed by atoms with E-state index in [0.29, 0.717) is 12.5 Å². The van der Waals surface area contributed by atoms with Crippen LogP contribution in [-0.4, -0.2) is 54.3 Å². The highest BCUT2D eigenvalue weighted by atomic mass is 16.6. The number of β-amino-alcohol motifs (C(OH)–C–C–N with tert-alkyl or cyclic N) is 1. The van der Waals surface area contributed by atoms with Gasteiger partial charge in [0, 0.05) is 13.0 Å². The molecule has 0 aliphatic carbocycles. The second-order valence-corrected chi connectivity index (χ2v) is 7.11. The maximum atomic E-state index is 11.6. The van der Waals surface area contributed by atoms with E-state index in [4.69, 9.17) is 4.74 Å². The van der Waals surface area contributed by atoms with Gasteiger partial charge in [-0.1, -0.05) is 30.3 Å². The van der Waals surface area contributed by atoms with Gasteiger partial charge >= 0.3 is 5.97 Å². The highest BCUT2D eigenvalue weighted by molar-refractivity contribution is 5.77. The molecule has 2 saturated heterocycles. The standard InChI is InChI=1S/C19H28N2O3/c1-14-11-17(19(23)24-14)20-12-15-7-9-21(10-8-15)13-18(22)16-5-3-2-4-6-16/h2-6,14-15,17-18,20,22H,7-13H2,1H3/t14-,17-,18-/m1/s1. The number of aliphatic hydroxyl groups excluding tert-OH is 1. The number of hydrogen-bond donors (Lipinski definition) is 2. The molecule has 1 aromatic carbocycles. The Labute approximate surface area is 144 Å². The Kier molecular flexibility index (Phi) is 5.87. The van der Waals surface area contributed by atoms with Gasteiger partial charge in [-0.2, -0.15) is 0 Å². The van der Waals surface area contributed by atoms with Crippen molar-refractivity contribution in [2.45, 2.75) is 44.4 Å².